The predicted octanol–water partition coefficient (Wildman–Crippen LogP) is 1.87. The quantitative estimate of drug-likeness (QED) is 0.587. The summed E-state index contributed by atoms with van der Waals surface area (Å²) < 4.78 is 11.3. The van der Waals surface area contributed by atoms with Crippen LogP contribution >= 0.6 is 0 Å². The Kier molecular flexibility index (Phi) is 11.0. The summed E-state index contributed by atoms with van der Waals surface area (Å²) in [6.45, 7) is 13.8. The molecular weight excluding hydrogens is 358 g/mol. The third-order valence-electron chi connectivity index (χ3n) is 3.24. The van der Waals surface area contributed by atoms with Crippen LogP contribution < -0.4 is 68.4 Å². The molecule has 3 rings (SSSR count). The van der Waals surface area contributed by atoms with E-state index >= 15 is 0 Å². The molecular formula is C18H21BNO2Rb. The van der Waals surface area contributed by atoms with E-state index in [2.05, 4.69) is 17.7 Å². The maximum absolute atomic E-state index is 6.91. The largest absolute Gasteiger partial charge is 1.00 e. The van der Waals surface area contributed by atoms with Crippen LogP contribution in [0.1, 0.15) is 19.4 Å². The van der Waals surface area contributed by atoms with Gasteiger partial charge in [0.25, 0.3) is 0 Å². The number of benzene rings is 2. The molecule has 0 radical (unpaired) electrons. The minimum atomic E-state index is 0. The zero-order valence-electron chi connectivity index (χ0n) is 14.6. The molecule has 5 heteroatoms. The Balaban J connectivity index is 0.00000117. The molecule has 0 saturated heterocycles. The van der Waals surface area contributed by atoms with Gasteiger partial charge in [-0.25, -0.2) is 4.85 Å². The van der Waals surface area contributed by atoms with E-state index in [1.165, 1.54) is 11.0 Å². The molecule has 0 saturated carbocycles. The maximum Gasteiger partial charge on any atom is 1.00 e. The van der Waals surface area contributed by atoms with E-state index in [4.69, 9.17) is 16.0 Å². The summed E-state index contributed by atoms with van der Waals surface area (Å²) in [6.07, 6.45) is 0. The molecule has 1 heterocycles. The summed E-state index contributed by atoms with van der Waals surface area (Å²) in [5.74, 6) is 1.53. The van der Waals surface area contributed by atoms with Crippen LogP contribution in [-0.2, 0) is 11.3 Å². The van der Waals surface area contributed by atoms with E-state index in [1.807, 2.05) is 26.0 Å². The molecule has 1 aliphatic heterocycles. The molecule has 0 aromatic heterocycles. The van der Waals surface area contributed by atoms with Gasteiger partial charge in [-0.1, -0.05) is 38.9 Å². The summed E-state index contributed by atoms with van der Waals surface area (Å²) in [6, 6.07) is 13.1. The fourth-order valence-corrected chi connectivity index (χ4v) is 2.20. The Bertz CT molecular complexity index is 653. The third kappa shape index (κ3) is 5.85. The molecule has 1 aliphatic rings. The molecule has 0 fully saturated rings. The Hall–Kier alpha value is -0.440. The molecule has 0 bridgehead atoms. The monoisotopic (exact) mass is 379 g/mol. The van der Waals surface area contributed by atoms with Crippen LogP contribution in [0.2, 0.25) is 6.82 Å². The van der Waals surface area contributed by atoms with E-state index in [0.717, 1.165) is 11.5 Å². The number of fused-ring (bicyclic) bond motifs is 1. The van der Waals surface area contributed by atoms with Gasteiger partial charge in [-0.05, 0) is 35.3 Å². The van der Waals surface area contributed by atoms with Crippen molar-refractivity contribution < 1.29 is 67.6 Å². The first-order chi connectivity index (χ1) is 10.3. The smallest absolute Gasteiger partial charge is 0.457 e. The topological polar surface area (TPSA) is 22.8 Å². The van der Waals surface area contributed by atoms with Crippen molar-refractivity contribution in [2.45, 2.75) is 27.3 Å². The van der Waals surface area contributed by atoms with E-state index in [0.29, 0.717) is 12.3 Å². The molecule has 0 N–H and O–H groups in total. The van der Waals surface area contributed by atoms with Gasteiger partial charge in [0.15, 0.2) is 5.69 Å². The van der Waals surface area contributed by atoms with E-state index in [9.17, 15) is 0 Å². The number of hydrogen-bond donors (Lipinski definition) is 0. The van der Waals surface area contributed by atoms with Crippen LogP contribution in [-0.4, -0.2) is 6.92 Å². The zero-order valence-corrected chi connectivity index (χ0v) is 19.5. The fourth-order valence-electron chi connectivity index (χ4n) is 2.20. The van der Waals surface area contributed by atoms with E-state index in [-0.39, 0.29) is 72.5 Å². The van der Waals surface area contributed by atoms with Gasteiger partial charge in [0.1, 0.15) is 11.5 Å². The van der Waals surface area contributed by atoms with Gasteiger partial charge in [0, 0.05) is 0 Å². The standard InChI is InChI=1S/C15H12BNO2.C2H6.CH3.Rb/c1-16-15-8-7-14(9-11(15)10-18-16)19-13-5-3-12(17-2)4-6-13;1-2;;/h3-9H,10H2,1H3;1-2H3;1H3;/q;;-1;+1. The fraction of sp³-hybridized carbons (Fsp3) is 0.222. The van der Waals surface area contributed by atoms with Gasteiger partial charge >= 0.3 is 65.1 Å². The van der Waals surface area contributed by atoms with Gasteiger partial charge in [-0.2, -0.15) is 0 Å². The second-order valence-electron chi connectivity index (χ2n) is 4.52. The van der Waals surface area contributed by atoms with E-state index in [1.54, 1.807) is 24.3 Å². The van der Waals surface area contributed by atoms with Crippen LogP contribution in [0.15, 0.2) is 42.5 Å². The number of rotatable bonds is 2. The molecule has 0 aliphatic carbocycles. The minimum absolute atomic E-state index is 0. The van der Waals surface area contributed by atoms with Gasteiger partial charge in [-0.3, -0.25) is 0 Å². The maximum atomic E-state index is 6.91. The molecule has 0 spiro atoms. The molecule has 0 amide bonds. The number of nitrogens with zero attached hydrogens (tertiary/aromatic N) is 1. The minimum Gasteiger partial charge on any atom is -0.457 e. The molecule has 0 unspecified atom stereocenters. The van der Waals surface area contributed by atoms with Crippen molar-refractivity contribution in [2.75, 3.05) is 0 Å². The Labute approximate surface area is 189 Å². The first kappa shape index (κ1) is 22.6. The molecule has 3 nitrogen and oxygen atoms in total. The summed E-state index contributed by atoms with van der Waals surface area (Å²) in [7, 11) is 0. The average Bonchev–Trinajstić information content (AvgIpc) is 2.91. The summed E-state index contributed by atoms with van der Waals surface area (Å²) >= 11 is 0. The average molecular weight is 380 g/mol. The SMILES string of the molecule is CC.[C-]#[N+]c1ccc(Oc2ccc3c(c2)COB3C)cc1.[CH3-].[Rb+]. The van der Waals surface area contributed by atoms with Crippen molar-refractivity contribution in [3.8, 4) is 11.5 Å². The first-order valence-corrected chi connectivity index (χ1v) is 7.16. The van der Waals surface area contributed by atoms with Crippen LogP contribution in [0.5, 0.6) is 11.5 Å². The second-order valence-corrected chi connectivity index (χ2v) is 4.52. The van der Waals surface area contributed by atoms with Crippen molar-refractivity contribution in [3.63, 3.8) is 0 Å². The first-order valence-electron chi connectivity index (χ1n) is 7.16. The summed E-state index contributed by atoms with van der Waals surface area (Å²) in [5.41, 5.74) is 3.03. The van der Waals surface area contributed by atoms with Gasteiger partial charge in [0.05, 0.1) is 13.2 Å². The van der Waals surface area contributed by atoms with Crippen molar-refractivity contribution in [3.05, 3.63) is 66.9 Å². The van der Waals surface area contributed by atoms with Crippen LogP contribution in [0.25, 0.3) is 4.85 Å². The Morgan fingerprint density at radius 1 is 1.09 bits per heavy atom. The van der Waals surface area contributed by atoms with Crippen LogP contribution in [0, 0.1) is 14.0 Å². The van der Waals surface area contributed by atoms with Crippen LogP contribution in [0.4, 0.5) is 5.69 Å². The summed E-state index contributed by atoms with van der Waals surface area (Å²) in [4.78, 5) is 3.35. The van der Waals surface area contributed by atoms with Gasteiger partial charge in [0.2, 0.25) is 0 Å². The molecule has 114 valence electrons. The molecule has 23 heavy (non-hydrogen) atoms. The van der Waals surface area contributed by atoms with Crippen molar-refractivity contribution in [1.82, 2.24) is 0 Å². The van der Waals surface area contributed by atoms with Gasteiger partial charge in [-0.15, -0.1) is 0 Å². The normalized spacial score (nSPS) is 11.0. The van der Waals surface area contributed by atoms with Crippen molar-refractivity contribution in [2.24, 2.45) is 0 Å². The summed E-state index contributed by atoms with van der Waals surface area (Å²) in [5, 5.41) is 0. The van der Waals surface area contributed by atoms with Gasteiger partial charge < -0.3 is 16.8 Å². The van der Waals surface area contributed by atoms with Crippen molar-refractivity contribution >= 4 is 18.1 Å². The second kappa shape index (κ2) is 11.2. The third-order valence-corrected chi connectivity index (χ3v) is 3.24. The number of hydrogen-bond acceptors (Lipinski definition) is 2. The van der Waals surface area contributed by atoms with Crippen LogP contribution in [0.3, 0.4) is 0 Å². The predicted molar refractivity (Wildman–Crippen MR) is 93.0 cm³/mol. The Morgan fingerprint density at radius 3 is 2.30 bits per heavy atom. The van der Waals surface area contributed by atoms with Crippen molar-refractivity contribution in [1.29, 1.82) is 0 Å². The van der Waals surface area contributed by atoms with E-state index < -0.39 is 0 Å². The molecule has 2 aromatic carbocycles. The number of ether oxygens (including phenoxy) is 1. The molecule has 0 atom stereocenters. The zero-order chi connectivity index (χ0) is 15.2. The Morgan fingerprint density at radius 2 is 1.70 bits per heavy atom. The molecule has 2 aromatic rings.